The number of carbonyl (C=O) groups is 2. The number of aromatic carboxylic acids is 1. The normalized spacial score (nSPS) is 10.1. The maximum atomic E-state index is 11.7. The molecule has 0 bridgehead atoms. The number of hydrogen-bond donors (Lipinski definition) is 1. The van der Waals surface area contributed by atoms with E-state index in [-0.39, 0.29) is 12.0 Å². The molecular formula is C15H11ClO4. The fourth-order valence-electron chi connectivity index (χ4n) is 1.60. The number of carboxylic acids is 1. The lowest BCUT2D eigenvalue weighted by atomic mass is 10.1. The minimum absolute atomic E-state index is 0.123. The summed E-state index contributed by atoms with van der Waals surface area (Å²) >= 11 is 5.75. The molecule has 0 aromatic heterocycles. The first-order valence-corrected chi connectivity index (χ1v) is 6.21. The van der Waals surface area contributed by atoms with Gasteiger partial charge in [-0.25, -0.2) is 4.79 Å². The Bertz CT molecular complexity index is 617. The molecule has 0 heterocycles. The molecule has 2 aromatic rings. The number of carbonyl (C=O) groups excluding carboxylic acids is 1. The van der Waals surface area contributed by atoms with Crippen LogP contribution in [0.25, 0.3) is 0 Å². The highest BCUT2D eigenvalue weighted by Crippen LogP contribution is 2.14. The highest BCUT2D eigenvalue weighted by molar-refractivity contribution is 6.30. The molecule has 0 radical (unpaired) electrons. The number of hydrogen-bond acceptors (Lipinski definition) is 3. The summed E-state index contributed by atoms with van der Waals surface area (Å²) in [5.74, 6) is -1.13. The molecule has 0 fully saturated rings. The summed E-state index contributed by atoms with van der Waals surface area (Å²) < 4.78 is 5.12. The fraction of sp³-hybridized carbons (Fsp3) is 0.0667. The van der Waals surface area contributed by atoms with Crippen LogP contribution in [0.1, 0.15) is 15.9 Å². The number of ether oxygens (including phenoxy) is 1. The van der Waals surface area contributed by atoms with Crippen molar-refractivity contribution in [1.82, 2.24) is 0 Å². The van der Waals surface area contributed by atoms with Gasteiger partial charge in [0.15, 0.2) is 0 Å². The lowest BCUT2D eigenvalue weighted by Crippen LogP contribution is -2.11. The zero-order valence-electron chi connectivity index (χ0n) is 10.4. The molecule has 4 nitrogen and oxygen atoms in total. The van der Waals surface area contributed by atoms with Crippen LogP contribution in [0.3, 0.4) is 0 Å². The van der Waals surface area contributed by atoms with Crippen molar-refractivity contribution in [1.29, 1.82) is 0 Å². The molecule has 0 saturated carbocycles. The lowest BCUT2D eigenvalue weighted by molar-refractivity contribution is -0.133. The van der Waals surface area contributed by atoms with E-state index in [4.69, 9.17) is 21.4 Å². The van der Waals surface area contributed by atoms with E-state index >= 15 is 0 Å². The zero-order chi connectivity index (χ0) is 14.5. The Balaban J connectivity index is 1.97. The number of halogens is 1. The molecule has 0 amide bonds. The third-order valence-electron chi connectivity index (χ3n) is 2.59. The van der Waals surface area contributed by atoms with Crippen molar-refractivity contribution in [2.75, 3.05) is 0 Å². The van der Waals surface area contributed by atoms with E-state index in [0.29, 0.717) is 10.8 Å². The van der Waals surface area contributed by atoms with Gasteiger partial charge in [-0.2, -0.15) is 0 Å². The van der Waals surface area contributed by atoms with Gasteiger partial charge >= 0.3 is 11.9 Å². The first-order chi connectivity index (χ1) is 9.54. The standard InChI is InChI=1S/C15H11ClO4/c16-12-5-1-10(2-6-12)9-14(17)20-13-7-3-11(4-8-13)15(18)19/h1-8H,9H2,(H,18,19). The van der Waals surface area contributed by atoms with Gasteiger partial charge in [-0.05, 0) is 42.0 Å². The van der Waals surface area contributed by atoms with Crippen LogP contribution < -0.4 is 4.74 Å². The molecule has 20 heavy (non-hydrogen) atoms. The highest BCUT2D eigenvalue weighted by atomic mass is 35.5. The van der Waals surface area contributed by atoms with E-state index in [9.17, 15) is 9.59 Å². The van der Waals surface area contributed by atoms with Crippen molar-refractivity contribution < 1.29 is 19.4 Å². The van der Waals surface area contributed by atoms with Gasteiger partial charge in [0.25, 0.3) is 0 Å². The fourth-order valence-corrected chi connectivity index (χ4v) is 1.73. The van der Waals surface area contributed by atoms with Gasteiger partial charge in [-0.15, -0.1) is 0 Å². The van der Waals surface area contributed by atoms with Gasteiger partial charge in [-0.3, -0.25) is 4.79 Å². The minimum atomic E-state index is -1.02. The van der Waals surface area contributed by atoms with Crippen LogP contribution in [-0.4, -0.2) is 17.0 Å². The van der Waals surface area contributed by atoms with E-state index in [1.165, 1.54) is 24.3 Å². The summed E-state index contributed by atoms with van der Waals surface area (Å²) in [4.78, 5) is 22.4. The molecule has 0 unspecified atom stereocenters. The van der Waals surface area contributed by atoms with Crippen LogP contribution in [0.4, 0.5) is 0 Å². The average molecular weight is 291 g/mol. The minimum Gasteiger partial charge on any atom is -0.478 e. The molecule has 5 heteroatoms. The second-order valence-electron chi connectivity index (χ2n) is 4.11. The Morgan fingerprint density at radius 3 is 2.15 bits per heavy atom. The Morgan fingerprint density at radius 1 is 1.00 bits per heavy atom. The second kappa shape index (κ2) is 6.21. The summed E-state index contributed by atoms with van der Waals surface area (Å²) in [5.41, 5.74) is 0.934. The van der Waals surface area contributed by atoms with Gasteiger partial charge in [0.1, 0.15) is 5.75 Å². The van der Waals surface area contributed by atoms with Crippen LogP contribution in [0.5, 0.6) is 5.75 Å². The molecule has 102 valence electrons. The van der Waals surface area contributed by atoms with Crippen molar-refractivity contribution in [2.45, 2.75) is 6.42 Å². The van der Waals surface area contributed by atoms with Gasteiger partial charge in [0.2, 0.25) is 0 Å². The molecule has 2 rings (SSSR count). The molecule has 0 aliphatic heterocycles. The first kappa shape index (κ1) is 14.1. The van der Waals surface area contributed by atoms with Crippen LogP contribution >= 0.6 is 11.6 Å². The Labute approximate surface area is 120 Å². The maximum Gasteiger partial charge on any atom is 0.335 e. The Hall–Kier alpha value is -2.33. The third kappa shape index (κ3) is 3.83. The lowest BCUT2D eigenvalue weighted by Gasteiger charge is -2.05. The topological polar surface area (TPSA) is 63.6 Å². The molecule has 0 atom stereocenters. The van der Waals surface area contributed by atoms with Crippen molar-refractivity contribution >= 4 is 23.5 Å². The SMILES string of the molecule is O=C(Cc1ccc(Cl)cc1)Oc1ccc(C(=O)O)cc1. The molecule has 0 aliphatic rings. The zero-order valence-corrected chi connectivity index (χ0v) is 11.1. The predicted molar refractivity (Wildman–Crippen MR) is 74.2 cm³/mol. The van der Waals surface area contributed by atoms with E-state index in [0.717, 1.165) is 5.56 Å². The maximum absolute atomic E-state index is 11.7. The largest absolute Gasteiger partial charge is 0.478 e. The number of carboxylic acid groups (broad SMARTS) is 1. The van der Waals surface area contributed by atoms with Crippen molar-refractivity contribution in [3.63, 3.8) is 0 Å². The predicted octanol–water partition coefficient (Wildman–Crippen LogP) is 3.19. The monoisotopic (exact) mass is 290 g/mol. The molecule has 0 aliphatic carbocycles. The third-order valence-corrected chi connectivity index (χ3v) is 2.85. The van der Waals surface area contributed by atoms with Gasteiger partial charge in [0.05, 0.1) is 12.0 Å². The Morgan fingerprint density at radius 2 is 1.60 bits per heavy atom. The van der Waals surface area contributed by atoms with Crippen LogP contribution in [-0.2, 0) is 11.2 Å². The highest BCUT2D eigenvalue weighted by Gasteiger charge is 2.08. The number of benzene rings is 2. The quantitative estimate of drug-likeness (QED) is 0.694. The van der Waals surface area contributed by atoms with Crippen LogP contribution in [0.2, 0.25) is 5.02 Å². The van der Waals surface area contributed by atoms with E-state index in [2.05, 4.69) is 0 Å². The van der Waals surface area contributed by atoms with Crippen molar-refractivity contribution in [3.8, 4) is 5.75 Å². The number of esters is 1. The van der Waals surface area contributed by atoms with Crippen molar-refractivity contribution in [2.24, 2.45) is 0 Å². The summed E-state index contributed by atoms with van der Waals surface area (Å²) in [6.07, 6.45) is 0.123. The smallest absolute Gasteiger partial charge is 0.335 e. The molecule has 0 saturated heterocycles. The van der Waals surface area contributed by atoms with Gasteiger partial charge in [0, 0.05) is 5.02 Å². The second-order valence-corrected chi connectivity index (χ2v) is 4.54. The molecule has 1 N–H and O–H groups in total. The average Bonchev–Trinajstić information content (AvgIpc) is 2.42. The van der Waals surface area contributed by atoms with Gasteiger partial charge < -0.3 is 9.84 Å². The van der Waals surface area contributed by atoms with E-state index < -0.39 is 11.9 Å². The van der Waals surface area contributed by atoms with Crippen LogP contribution in [0, 0.1) is 0 Å². The van der Waals surface area contributed by atoms with Crippen LogP contribution in [0.15, 0.2) is 48.5 Å². The molecule has 0 spiro atoms. The van der Waals surface area contributed by atoms with E-state index in [1.54, 1.807) is 24.3 Å². The summed E-state index contributed by atoms with van der Waals surface area (Å²) in [5, 5.41) is 9.36. The number of rotatable bonds is 4. The van der Waals surface area contributed by atoms with E-state index in [1.807, 2.05) is 0 Å². The Kier molecular flexibility index (Phi) is 4.38. The molecular weight excluding hydrogens is 280 g/mol. The van der Waals surface area contributed by atoms with Gasteiger partial charge in [-0.1, -0.05) is 23.7 Å². The summed E-state index contributed by atoms with van der Waals surface area (Å²) in [6, 6.07) is 12.6. The molecule has 2 aromatic carbocycles. The first-order valence-electron chi connectivity index (χ1n) is 5.83. The summed E-state index contributed by atoms with van der Waals surface area (Å²) in [6.45, 7) is 0. The van der Waals surface area contributed by atoms with Crippen molar-refractivity contribution in [3.05, 3.63) is 64.7 Å². The summed E-state index contributed by atoms with van der Waals surface area (Å²) in [7, 11) is 0.